The van der Waals surface area contributed by atoms with Crippen molar-refractivity contribution in [3.05, 3.63) is 89.0 Å². The molecule has 0 spiro atoms. The summed E-state index contributed by atoms with van der Waals surface area (Å²) < 4.78 is 2.73. The standard InChI is InChI=1S/2C7H7N5.C6H6IN/c8-6-2-1-3-7(4-6)12-5-9-10-11-12;8-6-2-1-3-7(4-6)12-10-5-9-11-12;7-5-2-1-3-6(8)4-5/h2*1-5H,8H2;1-4H,8H2. The Balaban J connectivity index is 0.000000139. The van der Waals surface area contributed by atoms with Crippen LogP contribution in [0.2, 0.25) is 0 Å². The Morgan fingerprint density at radius 1 is 0.688 bits per heavy atom. The van der Waals surface area contributed by atoms with Gasteiger partial charge < -0.3 is 17.2 Å². The van der Waals surface area contributed by atoms with Gasteiger partial charge in [-0.25, -0.2) is 4.68 Å². The van der Waals surface area contributed by atoms with Gasteiger partial charge in [0.05, 0.1) is 11.4 Å². The molecule has 6 N–H and O–H groups in total. The minimum atomic E-state index is 0.685. The van der Waals surface area contributed by atoms with E-state index in [2.05, 4.69) is 53.5 Å². The molecule has 5 rings (SSSR count). The van der Waals surface area contributed by atoms with Gasteiger partial charge in [0.25, 0.3) is 0 Å². The number of nitrogens with two attached hydrogens (primary N) is 3. The van der Waals surface area contributed by atoms with E-state index in [4.69, 9.17) is 17.2 Å². The van der Waals surface area contributed by atoms with Crippen LogP contribution in [-0.2, 0) is 0 Å². The first-order chi connectivity index (χ1) is 15.5. The zero-order valence-electron chi connectivity index (χ0n) is 16.8. The molecule has 0 atom stereocenters. The van der Waals surface area contributed by atoms with Crippen LogP contribution in [0, 0.1) is 3.57 Å². The number of hydrogen-bond acceptors (Lipinski definition) is 9. The van der Waals surface area contributed by atoms with Crippen molar-refractivity contribution >= 4 is 39.7 Å². The molecule has 0 radical (unpaired) electrons. The number of halogens is 1. The van der Waals surface area contributed by atoms with Crippen molar-refractivity contribution in [1.82, 2.24) is 40.4 Å². The second kappa shape index (κ2) is 11.4. The molecule has 0 saturated heterocycles. The fraction of sp³-hybridized carbons (Fsp3) is 0. The Hall–Kier alpha value is -4.07. The van der Waals surface area contributed by atoms with Crippen molar-refractivity contribution in [3.63, 3.8) is 0 Å². The third-order valence-corrected chi connectivity index (χ3v) is 4.45. The van der Waals surface area contributed by atoms with Crippen LogP contribution in [0.1, 0.15) is 0 Å². The van der Waals surface area contributed by atoms with Gasteiger partial charge in [-0.15, -0.1) is 20.1 Å². The Morgan fingerprint density at radius 3 is 1.81 bits per heavy atom. The van der Waals surface area contributed by atoms with Crippen molar-refractivity contribution < 1.29 is 0 Å². The van der Waals surface area contributed by atoms with Gasteiger partial charge in [0.1, 0.15) is 6.33 Å². The summed E-state index contributed by atoms with van der Waals surface area (Å²) in [5.41, 5.74) is 20.5. The highest BCUT2D eigenvalue weighted by molar-refractivity contribution is 14.1. The van der Waals surface area contributed by atoms with Gasteiger partial charge in [0, 0.05) is 20.6 Å². The first-order valence-corrected chi connectivity index (χ1v) is 10.3. The van der Waals surface area contributed by atoms with Gasteiger partial charge in [-0.05, 0) is 92.8 Å². The average molecular weight is 541 g/mol. The van der Waals surface area contributed by atoms with Gasteiger partial charge in [-0.2, -0.15) is 0 Å². The first kappa shape index (κ1) is 22.6. The van der Waals surface area contributed by atoms with Crippen LogP contribution in [0.3, 0.4) is 0 Å². The molecule has 0 amide bonds. The molecule has 12 heteroatoms. The van der Waals surface area contributed by atoms with Crippen LogP contribution >= 0.6 is 22.6 Å². The summed E-state index contributed by atoms with van der Waals surface area (Å²) in [5, 5.41) is 22.0. The lowest BCUT2D eigenvalue weighted by molar-refractivity contribution is 0.720. The van der Waals surface area contributed by atoms with Gasteiger partial charge >= 0.3 is 0 Å². The molecule has 0 unspecified atom stereocenters. The number of nitrogen functional groups attached to an aromatic ring is 3. The number of benzene rings is 3. The summed E-state index contributed by atoms with van der Waals surface area (Å²) in [4.78, 5) is 1.41. The molecular formula is C20H20IN11. The van der Waals surface area contributed by atoms with Crippen molar-refractivity contribution in [2.45, 2.75) is 0 Å². The van der Waals surface area contributed by atoms with E-state index in [1.165, 1.54) is 21.0 Å². The number of nitrogens with zero attached hydrogens (tertiary/aromatic N) is 8. The van der Waals surface area contributed by atoms with E-state index in [0.29, 0.717) is 11.4 Å². The van der Waals surface area contributed by atoms with Crippen molar-refractivity contribution in [2.75, 3.05) is 17.2 Å². The Morgan fingerprint density at radius 2 is 1.31 bits per heavy atom. The summed E-state index contributed by atoms with van der Waals surface area (Å²) >= 11 is 2.23. The maximum absolute atomic E-state index is 5.58. The van der Waals surface area contributed by atoms with E-state index in [-0.39, 0.29) is 0 Å². The minimum Gasteiger partial charge on any atom is -0.399 e. The van der Waals surface area contributed by atoms with E-state index < -0.39 is 0 Å². The third-order valence-electron chi connectivity index (χ3n) is 3.78. The first-order valence-electron chi connectivity index (χ1n) is 9.20. The largest absolute Gasteiger partial charge is 0.399 e. The maximum atomic E-state index is 5.58. The highest BCUT2D eigenvalue weighted by Crippen LogP contribution is 2.10. The lowest BCUT2D eigenvalue weighted by atomic mass is 10.3. The van der Waals surface area contributed by atoms with Gasteiger partial charge in [-0.1, -0.05) is 18.2 Å². The topological polar surface area (TPSA) is 165 Å². The number of tetrazole rings is 2. The Labute approximate surface area is 197 Å². The third kappa shape index (κ3) is 7.02. The molecule has 32 heavy (non-hydrogen) atoms. The number of anilines is 3. The minimum absolute atomic E-state index is 0.685. The molecule has 0 aliphatic carbocycles. The summed E-state index contributed by atoms with van der Waals surface area (Å²) in [6.07, 6.45) is 2.90. The quantitative estimate of drug-likeness (QED) is 0.225. The summed E-state index contributed by atoms with van der Waals surface area (Å²) in [5.74, 6) is 0. The highest BCUT2D eigenvalue weighted by Gasteiger charge is 1.97. The molecule has 3 aromatic carbocycles. The van der Waals surface area contributed by atoms with E-state index in [1.807, 2.05) is 54.6 Å². The van der Waals surface area contributed by atoms with Crippen LogP contribution in [0.4, 0.5) is 17.1 Å². The van der Waals surface area contributed by atoms with Gasteiger partial charge in [0.2, 0.25) is 0 Å². The normalized spacial score (nSPS) is 9.78. The summed E-state index contributed by atoms with van der Waals surface area (Å²) in [6, 6.07) is 22.4. The van der Waals surface area contributed by atoms with E-state index in [0.717, 1.165) is 17.1 Å². The fourth-order valence-corrected chi connectivity index (χ4v) is 2.96. The molecule has 0 fully saturated rings. The maximum Gasteiger partial charge on any atom is 0.162 e. The smallest absolute Gasteiger partial charge is 0.162 e. The molecule has 2 heterocycles. The van der Waals surface area contributed by atoms with Crippen molar-refractivity contribution in [3.8, 4) is 11.4 Å². The SMILES string of the molecule is Nc1cccc(-n2cnnn2)c1.Nc1cccc(-n2ncnn2)c1.Nc1cccc(I)c1. The van der Waals surface area contributed by atoms with Crippen molar-refractivity contribution in [1.29, 1.82) is 0 Å². The van der Waals surface area contributed by atoms with Crippen LogP contribution in [0.15, 0.2) is 85.5 Å². The van der Waals surface area contributed by atoms with Crippen molar-refractivity contribution in [2.24, 2.45) is 0 Å². The van der Waals surface area contributed by atoms with Crippen LogP contribution in [-0.4, -0.2) is 40.4 Å². The number of aromatic nitrogens is 8. The summed E-state index contributed by atoms with van der Waals surface area (Å²) in [6.45, 7) is 0. The molecule has 2 aromatic heterocycles. The van der Waals surface area contributed by atoms with Crippen LogP contribution in [0.5, 0.6) is 0 Å². The zero-order chi connectivity index (χ0) is 22.8. The van der Waals surface area contributed by atoms with Crippen LogP contribution in [0.25, 0.3) is 11.4 Å². The number of hydrogen-bond donors (Lipinski definition) is 3. The lowest BCUT2D eigenvalue weighted by Crippen LogP contribution is -1.99. The lowest BCUT2D eigenvalue weighted by Gasteiger charge is -1.98. The van der Waals surface area contributed by atoms with E-state index >= 15 is 0 Å². The molecule has 0 aliphatic rings. The molecule has 11 nitrogen and oxygen atoms in total. The van der Waals surface area contributed by atoms with E-state index in [9.17, 15) is 0 Å². The molecule has 5 aromatic rings. The Bertz CT molecular complexity index is 1130. The monoisotopic (exact) mass is 541 g/mol. The molecule has 162 valence electrons. The number of rotatable bonds is 2. The van der Waals surface area contributed by atoms with Gasteiger partial charge in [0.15, 0.2) is 6.33 Å². The molecular weight excluding hydrogens is 521 g/mol. The summed E-state index contributed by atoms with van der Waals surface area (Å²) in [7, 11) is 0. The predicted molar refractivity (Wildman–Crippen MR) is 131 cm³/mol. The second-order valence-corrected chi connectivity index (χ2v) is 7.47. The average Bonchev–Trinajstić information content (AvgIpc) is 3.49. The van der Waals surface area contributed by atoms with E-state index in [1.54, 1.807) is 22.9 Å². The molecule has 0 aliphatic heterocycles. The van der Waals surface area contributed by atoms with Gasteiger partial charge in [-0.3, -0.25) is 0 Å². The van der Waals surface area contributed by atoms with Crippen LogP contribution < -0.4 is 17.2 Å². The fourth-order valence-electron chi connectivity index (χ4n) is 2.39. The zero-order valence-corrected chi connectivity index (χ0v) is 18.9. The second-order valence-electron chi connectivity index (χ2n) is 6.22. The molecule has 0 saturated carbocycles. The highest BCUT2D eigenvalue weighted by atomic mass is 127. The Kier molecular flexibility index (Phi) is 8.02. The predicted octanol–water partition coefficient (Wildman–Crippen LogP) is 2.36. The molecule has 0 bridgehead atoms.